The third-order valence-electron chi connectivity index (χ3n) is 12.2. The summed E-state index contributed by atoms with van der Waals surface area (Å²) < 4.78 is 12.0. The Balaban J connectivity index is 1.71. The molecule has 51 heavy (non-hydrogen) atoms. The van der Waals surface area contributed by atoms with E-state index in [-0.39, 0.29) is 84.0 Å². The van der Waals surface area contributed by atoms with Crippen LogP contribution in [0.1, 0.15) is 111 Å². The number of nitrogens with zero attached hydrogens (tertiary/aromatic N) is 2. The van der Waals surface area contributed by atoms with E-state index in [2.05, 4.69) is 32.9 Å². The number of carbonyl (C=O) groups excluding carboxylic acids is 4. The standard InChI is InChI=1S/C42H68N2O7/c1-10-30(5)39(43(7)41(49)34(28(2)3)24-33(46)26-42(27-45)19-15-20-42)37(50-8)25-38(48)44-21-14-18-35(44)40(51-9)31(6)36(47)23-29(4)22-32-16-12-11-13-17-32/h11-13,16-17,28-31,34-35,37,39-40,45H,10,14-15,18-27H2,1-9H3/t29-,30+,31+,34+,35+,37-,39+,40-/m1/s1. The first kappa shape index (κ1) is 42.8. The van der Waals surface area contributed by atoms with E-state index in [1.54, 1.807) is 26.2 Å². The van der Waals surface area contributed by atoms with Crippen molar-refractivity contribution >= 4 is 23.4 Å². The van der Waals surface area contributed by atoms with Gasteiger partial charge < -0.3 is 24.4 Å². The minimum atomic E-state index is -0.558. The van der Waals surface area contributed by atoms with Crippen molar-refractivity contribution in [1.82, 2.24) is 9.80 Å². The molecule has 1 N–H and O–H groups in total. The zero-order valence-corrected chi connectivity index (χ0v) is 33.1. The molecule has 0 spiro atoms. The fraction of sp³-hybridized carbons (Fsp3) is 0.762. The lowest BCUT2D eigenvalue weighted by atomic mass is 9.66. The topological polar surface area (TPSA) is 113 Å². The van der Waals surface area contributed by atoms with Crippen LogP contribution in [0.15, 0.2) is 30.3 Å². The largest absolute Gasteiger partial charge is 0.396 e. The van der Waals surface area contributed by atoms with Gasteiger partial charge in [0, 0.05) is 70.9 Å². The number of ether oxygens (including phenoxy) is 2. The summed E-state index contributed by atoms with van der Waals surface area (Å²) in [5.41, 5.74) is 0.889. The summed E-state index contributed by atoms with van der Waals surface area (Å²) in [7, 11) is 5.01. The molecule has 1 aromatic carbocycles. The summed E-state index contributed by atoms with van der Waals surface area (Å²) in [5.74, 6) is -0.717. The van der Waals surface area contributed by atoms with Gasteiger partial charge in [0.05, 0.1) is 30.7 Å². The van der Waals surface area contributed by atoms with Gasteiger partial charge in [0.2, 0.25) is 11.8 Å². The van der Waals surface area contributed by atoms with Crippen LogP contribution in [-0.4, -0.2) is 97.0 Å². The zero-order valence-electron chi connectivity index (χ0n) is 33.1. The molecule has 1 aliphatic carbocycles. The Labute approximate surface area is 308 Å². The summed E-state index contributed by atoms with van der Waals surface area (Å²) in [6.07, 6.45) is 5.93. The third-order valence-corrected chi connectivity index (χ3v) is 12.2. The average Bonchev–Trinajstić information content (AvgIpc) is 3.58. The van der Waals surface area contributed by atoms with Crippen molar-refractivity contribution in [2.24, 2.45) is 35.0 Å². The second-order valence-corrected chi connectivity index (χ2v) is 16.3. The minimum absolute atomic E-state index is 0.00472. The van der Waals surface area contributed by atoms with Crippen LogP contribution >= 0.6 is 0 Å². The molecule has 9 heteroatoms. The van der Waals surface area contributed by atoms with Gasteiger partial charge in [0.15, 0.2) is 0 Å². The van der Waals surface area contributed by atoms with Crippen LogP contribution in [0.2, 0.25) is 0 Å². The maximum absolute atomic E-state index is 14.2. The van der Waals surface area contributed by atoms with E-state index >= 15 is 0 Å². The van der Waals surface area contributed by atoms with Gasteiger partial charge in [-0.15, -0.1) is 0 Å². The molecule has 8 atom stereocenters. The summed E-state index contributed by atoms with van der Waals surface area (Å²) in [6, 6.07) is 9.61. The number of ketones is 2. The molecule has 1 aliphatic heterocycles. The number of carbonyl (C=O) groups is 4. The van der Waals surface area contributed by atoms with Gasteiger partial charge in [-0.3, -0.25) is 19.2 Å². The van der Waals surface area contributed by atoms with Gasteiger partial charge >= 0.3 is 0 Å². The quantitative estimate of drug-likeness (QED) is 0.146. The first-order chi connectivity index (χ1) is 24.2. The number of likely N-dealkylation sites (tertiary alicyclic amines) is 1. The van der Waals surface area contributed by atoms with Crippen molar-refractivity contribution in [2.45, 2.75) is 136 Å². The number of likely N-dealkylation sites (N-methyl/N-ethyl adjacent to an activating group) is 1. The zero-order chi connectivity index (χ0) is 37.9. The molecule has 2 fully saturated rings. The molecule has 1 heterocycles. The lowest BCUT2D eigenvalue weighted by molar-refractivity contribution is -0.149. The molecule has 1 aromatic rings. The molecule has 9 nitrogen and oxygen atoms in total. The molecular formula is C42H68N2O7. The number of aliphatic hydroxyl groups excluding tert-OH is 1. The van der Waals surface area contributed by atoms with Crippen molar-refractivity contribution in [1.29, 1.82) is 0 Å². The number of Topliss-reactive ketones (excluding diaryl/α,β-unsaturated/α-hetero) is 2. The Bertz CT molecular complexity index is 1260. The molecule has 2 aliphatic rings. The van der Waals surface area contributed by atoms with E-state index in [0.717, 1.165) is 44.9 Å². The van der Waals surface area contributed by atoms with Crippen molar-refractivity contribution in [3.05, 3.63) is 35.9 Å². The number of amides is 2. The summed E-state index contributed by atoms with van der Waals surface area (Å²) in [5, 5.41) is 9.92. The van der Waals surface area contributed by atoms with Crippen molar-refractivity contribution in [3.63, 3.8) is 0 Å². The monoisotopic (exact) mass is 713 g/mol. The van der Waals surface area contributed by atoms with E-state index in [1.807, 2.05) is 43.9 Å². The Morgan fingerprint density at radius 2 is 1.63 bits per heavy atom. The summed E-state index contributed by atoms with van der Waals surface area (Å²) in [4.78, 5) is 58.7. The first-order valence-electron chi connectivity index (χ1n) is 19.5. The number of methoxy groups -OCH3 is 2. The van der Waals surface area contributed by atoms with Gasteiger partial charge in [-0.25, -0.2) is 0 Å². The highest BCUT2D eigenvalue weighted by Gasteiger charge is 2.43. The Kier molecular flexibility index (Phi) is 16.8. The number of hydrogen-bond acceptors (Lipinski definition) is 7. The van der Waals surface area contributed by atoms with Crippen molar-refractivity contribution < 1.29 is 33.8 Å². The molecule has 0 bridgehead atoms. The molecule has 3 rings (SSSR count). The number of aliphatic hydroxyl groups is 1. The van der Waals surface area contributed by atoms with E-state index < -0.39 is 18.1 Å². The minimum Gasteiger partial charge on any atom is -0.396 e. The van der Waals surface area contributed by atoms with Crippen LogP contribution in [0.4, 0.5) is 0 Å². The van der Waals surface area contributed by atoms with Crippen LogP contribution in [0.25, 0.3) is 0 Å². The molecule has 1 saturated heterocycles. The number of benzene rings is 1. The Morgan fingerprint density at radius 3 is 2.16 bits per heavy atom. The van der Waals surface area contributed by atoms with Gasteiger partial charge in [0.1, 0.15) is 11.6 Å². The summed E-state index contributed by atoms with van der Waals surface area (Å²) >= 11 is 0. The van der Waals surface area contributed by atoms with Crippen LogP contribution in [0.5, 0.6) is 0 Å². The van der Waals surface area contributed by atoms with E-state index in [4.69, 9.17) is 9.47 Å². The van der Waals surface area contributed by atoms with Gasteiger partial charge in [-0.1, -0.05) is 84.7 Å². The Morgan fingerprint density at radius 1 is 0.961 bits per heavy atom. The lowest BCUT2D eigenvalue weighted by Gasteiger charge is -2.41. The fourth-order valence-electron chi connectivity index (χ4n) is 8.63. The van der Waals surface area contributed by atoms with Crippen LogP contribution in [0.3, 0.4) is 0 Å². The van der Waals surface area contributed by atoms with Crippen molar-refractivity contribution in [3.8, 4) is 0 Å². The predicted molar refractivity (Wildman–Crippen MR) is 201 cm³/mol. The highest BCUT2D eigenvalue weighted by Crippen LogP contribution is 2.44. The van der Waals surface area contributed by atoms with Gasteiger partial charge in [-0.2, -0.15) is 0 Å². The van der Waals surface area contributed by atoms with Crippen LogP contribution < -0.4 is 0 Å². The molecule has 0 aromatic heterocycles. The summed E-state index contributed by atoms with van der Waals surface area (Å²) in [6.45, 7) is 12.7. The number of hydrogen-bond donors (Lipinski definition) is 1. The van der Waals surface area contributed by atoms with Gasteiger partial charge in [-0.05, 0) is 55.4 Å². The molecular weight excluding hydrogens is 644 g/mol. The van der Waals surface area contributed by atoms with E-state index in [1.165, 1.54) is 5.56 Å². The van der Waals surface area contributed by atoms with Gasteiger partial charge in [0.25, 0.3) is 0 Å². The smallest absolute Gasteiger partial charge is 0.226 e. The van der Waals surface area contributed by atoms with Crippen molar-refractivity contribution in [2.75, 3.05) is 34.4 Å². The van der Waals surface area contributed by atoms with E-state index in [9.17, 15) is 24.3 Å². The second kappa shape index (κ2) is 20.0. The maximum Gasteiger partial charge on any atom is 0.226 e. The molecule has 1 saturated carbocycles. The first-order valence-corrected chi connectivity index (χ1v) is 19.5. The van der Waals surface area contributed by atoms with Crippen LogP contribution in [0, 0.1) is 35.0 Å². The number of rotatable bonds is 22. The normalized spacial score (nSPS) is 21.2. The highest BCUT2D eigenvalue weighted by molar-refractivity contribution is 5.87. The second-order valence-electron chi connectivity index (χ2n) is 16.3. The molecule has 0 unspecified atom stereocenters. The average molecular weight is 713 g/mol. The third kappa shape index (κ3) is 11.2. The predicted octanol–water partition coefficient (Wildman–Crippen LogP) is 6.53. The van der Waals surface area contributed by atoms with E-state index in [0.29, 0.717) is 19.4 Å². The fourth-order valence-corrected chi connectivity index (χ4v) is 8.63. The van der Waals surface area contributed by atoms with Crippen LogP contribution in [-0.2, 0) is 35.1 Å². The SMILES string of the molecule is CC[C@H](C)[C@@H]([C@@H](CC(=O)N1CCC[C@H]1[C@H](OC)[C@@H](C)C(=O)C[C@H](C)Cc1ccccc1)OC)N(C)C(=O)[C@@H](CC(=O)CC1(CO)CCC1)C(C)C. The highest BCUT2D eigenvalue weighted by atomic mass is 16.5. The molecule has 2 amide bonds. The lowest BCUT2D eigenvalue weighted by Crippen LogP contribution is -2.54. The molecule has 288 valence electrons. The Hall–Kier alpha value is -2.62. The molecule has 0 radical (unpaired) electrons. The maximum atomic E-state index is 14.2.